The average Bonchev–Trinajstić information content (AvgIpc) is 2.84. The van der Waals surface area contributed by atoms with Crippen molar-refractivity contribution in [3.05, 3.63) is 10.0 Å². The maximum atomic E-state index is 5.94. The maximum absolute atomic E-state index is 5.94. The number of anilines is 1. The van der Waals surface area contributed by atoms with Crippen LogP contribution in [-0.2, 0) is 0 Å². The van der Waals surface area contributed by atoms with Crippen molar-refractivity contribution in [3.8, 4) is 0 Å². The lowest BCUT2D eigenvalue weighted by Gasteiger charge is -2.10. The standard InChI is InChI=1S/C10H13IN6/c11-8-7-9(13)14-4-15-10(7)17(16-8)6-2-1-5(12)3-6/h4-6H,1-3,12H2,(H2,13,14,15)/t5-,6-/m0/s1. The maximum Gasteiger partial charge on any atom is 0.164 e. The molecule has 17 heavy (non-hydrogen) atoms. The van der Waals surface area contributed by atoms with Gasteiger partial charge in [0.05, 0.1) is 11.4 Å². The summed E-state index contributed by atoms with van der Waals surface area (Å²) in [5.74, 6) is 0.493. The number of halogens is 1. The van der Waals surface area contributed by atoms with Crippen LogP contribution >= 0.6 is 22.6 Å². The van der Waals surface area contributed by atoms with Gasteiger partial charge in [-0.2, -0.15) is 5.10 Å². The first-order valence-corrected chi connectivity index (χ1v) is 6.64. The number of nitrogen functional groups attached to an aromatic ring is 1. The predicted molar refractivity (Wildman–Crippen MR) is 73.3 cm³/mol. The summed E-state index contributed by atoms with van der Waals surface area (Å²) in [6, 6.07) is 0.612. The van der Waals surface area contributed by atoms with E-state index in [0.29, 0.717) is 11.9 Å². The van der Waals surface area contributed by atoms with Crippen molar-refractivity contribution >= 4 is 39.4 Å². The third-order valence-electron chi connectivity index (χ3n) is 3.27. The lowest BCUT2D eigenvalue weighted by Crippen LogP contribution is -2.16. The van der Waals surface area contributed by atoms with E-state index in [4.69, 9.17) is 11.5 Å². The van der Waals surface area contributed by atoms with Gasteiger partial charge in [-0.1, -0.05) is 0 Å². The third-order valence-corrected chi connectivity index (χ3v) is 4.02. The molecule has 90 valence electrons. The minimum absolute atomic E-state index is 0.274. The molecule has 0 unspecified atom stereocenters. The molecule has 0 spiro atoms. The third kappa shape index (κ3) is 1.77. The highest BCUT2D eigenvalue weighted by Crippen LogP contribution is 2.32. The number of nitrogens with two attached hydrogens (primary N) is 2. The highest BCUT2D eigenvalue weighted by atomic mass is 127. The SMILES string of the molecule is Nc1ncnc2c1c(I)nn2[C@H]1CC[C@H](N)C1. The molecule has 0 bridgehead atoms. The summed E-state index contributed by atoms with van der Waals surface area (Å²) in [4.78, 5) is 8.30. The van der Waals surface area contributed by atoms with E-state index < -0.39 is 0 Å². The van der Waals surface area contributed by atoms with Crippen molar-refractivity contribution in [3.63, 3.8) is 0 Å². The molecule has 4 N–H and O–H groups in total. The van der Waals surface area contributed by atoms with Gasteiger partial charge in [0.25, 0.3) is 0 Å². The normalized spacial score (nSPS) is 24.6. The van der Waals surface area contributed by atoms with E-state index >= 15 is 0 Å². The van der Waals surface area contributed by atoms with Gasteiger partial charge in [-0.15, -0.1) is 0 Å². The highest BCUT2D eigenvalue weighted by molar-refractivity contribution is 14.1. The van der Waals surface area contributed by atoms with Crippen LogP contribution < -0.4 is 11.5 Å². The topological polar surface area (TPSA) is 95.6 Å². The summed E-state index contributed by atoms with van der Waals surface area (Å²) in [6.45, 7) is 0. The average molecular weight is 344 g/mol. The van der Waals surface area contributed by atoms with Crippen molar-refractivity contribution in [2.24, 2.45) is 5.73 Å². The molecule has 2 aromatic rings. The largest absolute Gasteiger partial charge is 0.383 e. The monoisotopic (exact) mass is 344 g/mol. The molecule has 1 saturated carbocycles. The minimum Gasteiger partial charge on any atom is -0.383 e. The van der Waals surface area contributed by atoms with Crippen LogP contribution in [0, 0.1) is 3.70 Å². The molecule has 0 saturated heterocycles. The van der Waals surface area contributed by atoms with Gasteiger partial charge < -0.3 is 11.5 Å². The Morgan fingerprint density at radius 3 is 2.88 bits per heavy atom. The van der Waals surface area contributed by atoms with Gasteiger partial charge in [-0.25, -0.2) is 14.6 Å². The summed E-state index contributed by atoms with van der Waals surface area (Å²) < 4.78 is 2.82. The smallest absolute Gasteiger partial charge is 0.164 e. The molecule has 7 heteroatoms. The first kappa shape index (κ1) is 11.1. The summed E-state index contributed by atoms with van der Waals surface area (Å²) in [6.07, 6.45) is 4.54. The summed E-state index contributed by atoms with van der Waals surface area (Å²) in [5.41, 5.74) is 12.6. The Morgan fingerprint density at radius 2 is 2.18 bits per heavy atom. The molecular formula is C10H13IN6. The van der Waals surface area contributed by atoms with Gasteiger partial charge in [0.15, 0.2) is 5.65 Å². The molecule has 0 aromatic carbocycles. The van der Waals surface area contributed by atoms with Crippen LogP contribution in [0.3, 0.4) is 0 Å². The van der Waals surface area contributed by atoms with Crippen LogP contribution in [0.4, 0.5) is 5.82 Å². The lowest BCUT2D eigenvalue weighted by molar-refractivity contribution is 0.469. The quantitative estimate of drug-likeness (QED) is 0.755. The van der Waals surface area contributed by atoms with E-state index in [1.807, 2.05) is 4.68 Å². The van der Waals surface area contributed by atoms with Crippen molar-refractivity contribution in [2.75, 3.05) is 5.73 Å². The Bertz CT molecular complexity index is 565. The van der Waals surface area contributed by atoms with Crippen molar-refractivity contribution in [2.45, 2.75) is 31.3 Å². The van der Waals surface area contributed by atoms with Gasteiger partial charge in [0, 0.05) is 6.04 Å². The molecule has 0 amide bonds. The Labute approximate surface area is 112 Å². The van der Waals surface area contributed by atoms with Crippen molar-refractivity contribution in [1.29, 1.82) is 0 Å². The zero-order valence-electron chi connectivity index (χ0n) is 9.17. The molecular weight excluding hydrogens is 331 g/mol. The molecule has 1 aliphatic carbocycles. The van der Waals surface area contributed by atoms with Crippen molar-refractivity contribution in [1.82, 2.24) is 19.7 Å². The zero-order valence-corrected chi connectivity index (χ0v) is 11.3. The first-order chi connectivity index (χ1) is 8.16. The van der Waals surface area contributed by atoms with E-state index in [-0.39, 0.29) is 6.04 Å². The first-order valence-electron chi connectivity index (χ1n) is 5.56. The molecule has 2 atom stereocenters. The molecule has 6 nitrogen and oxygen atoms in total. The van der Waals surface area contributed by atoms with E-state index in [1.165, 1.54) is 6.33 Å². The Morgan fingerprint density at radius 1 is 1.35 bits per heavy atom. The molecule has 0 aliphatic heterocycles. The van der Waals surface area contributed by atoms with Gasteiger partial charge in [0.1, 0.15) is 15.8 Å². The van der Waals surface area contributed by atoms with Crippen LogP contribution in [0.15, 0.2) is 6.33 Å². The fourth-order valence-electron chi connectivity index (χ4n) is 2.42. The van der Waals surface area contributed by atoms with Crippen LogP contribution in [-0.4, -0.2) is 25.8 Å². The number of nitrogens with zero attached hydrogens (tertiary/aromatic N) is 4. The molecule has 1 fully saturated rings. The van der Waals surface area contributed by atoms with Crippen LogP contribution in [0.1, 0.15) is 25.3 Å². The molecule has 0 radical (unpaired) electrons. The lowest BCUT2D eigenvalue weighted by atomic mass is 10.2. The van der Waals surface area contributed by atoms with Gasteiger partial charge >= 0.3 is 0 Å². The van der Waals surface area contributed by atoms with Crippen molar-refractivity contribution < 1.29 is 0 Å². The van der Waals surface area contributed by atoms with E-state index in [1.54, 1.807) is 0 Å². The number of hydrogen-bond acceptors (Lipinski definition) is 5. The summed E-state index contributed by atoms with van der Waals surface area (Å²) >= 11 is 2.17. The Balaban J connectivity index is 2.14. The van der Waals surface area contributed by atoms with Gasteiger partial charge in [0.2, 0.25) is 0 Å². The second-order valence-corrected chi connectivity index (χ2v) is 5.44. The van der Waals surface area contributed by atoms with E-state index in [2.05, 4.69) is 37.7 Å². The summed E-state index contributed by atoms with van der Waals surface area (Å²) in [5, 5.41) is 5.39. The zero-order chi connectivity index (χ0) is 12.0. The van der Waals surface area contributed by atoms with Crippen LogP contribution in [0.2, 0.25) is 0 Å². The number of aromatic nitrogens is 4. The minimum atomic E-state index is 0.274. The molecule has 3 rings (SSSR count). The van der Waals surface area contributed by atoms with Crippen LogP contribution in [0.5, 0.6) is 0 Å². The Kier molecular flexibility index (Phi) is 2.66. The second kappa shape index (κ2) is 4.05. The predicted octanol–water partition coefficient (Wildman–Crippen LogP) is 1.07. The highest BCUT2D eigenvalue weighted by Gasteiger charge is 2.27. The van der Waals surface area contributed by atoms with Gasteiger partial charge in [-0.05, 0) is 41.9 Å². The number of rotatable bonds is 1. The van der Waals surface area contributed by atoms with E-state index in [0.717, 1.165) is 34.0 Å². The van der Waals surface area contributed by atoms with Gasteiger partial charge in [-0.3, -0.25) is 0 Å². The number of hydrogen-bond donors (Lipinski definition) is 2. The Hall–Kier alpha value is -0.960. The fraction of sp³-hybridized carbons (Fsp3) is 0.500. The molecule has 1 aliphatic rings. The fourth-order valence-corrected chi connectivity index (χ4v) is 3.17. The number of fused-ring (bicyclic) bond motifs is 1. The summed E-state index contributed by atoms with van der Waals surface area (Å²) in [7, 11) is 0. The molecule has 2 aromatic heterocycles. The van der Waals surface area contributed by atoms with Crippen LogP contribution in [0.25, 0.3) is 11.0 Å². The molecule has 2 heterocycles. The van der Waals surface area contributed by atoms with E-state index in [9.17, 15) is 0 Å². The second-order valence-electron chi connectivity index (χ2n) is 4.42.